The van der Waals surface area contributed by atoms with Crippen LogP contribution in [0.4, 0.5) is 0 Å². The third-order valence-electron chi connectivity index (χ3n) is 3.36. The summed E-state index contributed by atoms with van der Waals surface area (Å²) in [6.45, 7) is 14.2. The average Bonchev–Trinajstić information content (AvgIpc) is 2.27. The first-order chi connectivity index (χ1) is 8.42. The Morgan fingerprint density at radius 3 is 2.17 bits per heavy atom. The zero-order valence-electron chi connectivity index (χ0n) is 12.6. The van der Waals surface area contributed by atoms with Crippen LogP contribution in [0.1, 0.15) is 41.0 Å². The Morgan fingerprint density at radius 2 is 1.78 bits per heavy atom. The molecule has 18 heavy (non-hydrogen) atoms. The normalized spacial score (nSPS) is 15.1. The molecule has 0 bridgehead atoms. The predicted molar refractivity (Wildman–Crippen MR) is 75.8 cm³/mol. The van der Waals surface area contributed by atoms with Gasteiger partial charge in [0, 0.05) is 13.1 Å². The second kappa shape index (κ2) is 9.34. The van der Waals surface area contributed by atoms with Crippen LogP contribution in [0.3, 0.4) is 0 Å². The van der Waals surface area contributed by atoms with Crippen molar-refractivity contribution in [3.63, 3.8) is 0 Å². The number of hydrogen-bond donors (Lipinski definition) is 2. The molecule has 0 aromatic carbocycles. The third kappa shape index (κ3) is 6.97. The molecule has 0 heterocycles. The lowest BCUT2D eigenvalue weighted by molar-refractivity contribution is -0.141. The highest BCUT2D eigenvalue weighted by atomic mass is 16.4. The molecule has 0 aliphatic carbocycles. The molecular weight excluding hydrogens is 228 g/mol. The second-order valence-corrected chi connectivity index (χ2v) is 5.40. The molecule has 2 N–H and O–H groups in total. The lowest BCUT2D eigenvalue weighted by Crippen LogP contribution is -2.45. The summed E-state index contributed by atoms with van der Waals surface area (Å²) in [4.78, 5) is 13.6. The molecule has 0 amide bonds. The van der Waals surface area contributed by atoms with Crippen LogP contribution in [0.2, 0.25) is 0 Å². The van der Waals surface area contributed by atoms with Gasteiger partial charge >= 0.3 is 5.97 Å². The summed E-state index contributed by atoms with van der Waals surface area (Å²) in [5.74, 6) is -0.0340. The lowest BCUT2D eigenvalue weighted by atomic mass is 9.92. The molecule has 4 heteroatoms. The zero-order valence-corrected chi connectivity index (χ0v) is 12.6. The number of likely N-dealkylation sites (N-methyl/N-ethyl adjacent to an activating group) is 1. The van der Waals surface area contributed by atoms with E-state index in [4.69, 9.17) is 0 Å². The van der Waals surface area contributed by atoms with Gasteiger partial charge in [0.15, 0.2) is 0 Å². The molecule has 0 spiro atoms. The van der Waals surface area contributed by atoms with Gasteiger partial charge in [0.2, 0.25) is 0 Å². The molecule has 0 saturated carbocycles. The summed E-state index contributed by atoms with van der Waals surface area (Å²) in [7, 11) is 0. The fraction of sp³-hybridized carbons (Fsp3) is 0.929. The first kappa shape index (κ1) is 17.4. The van der Waals surface area contributed by atoms with E-state index in [0.717, 1.165) is 32.6 Å². The van der Waals surface area contributed by atoms with E-state index in [1.165, 1.54) is 0 Å². The minimum absolute atomic E-state index is 0.166. The van der Waals surface area contributed by atoms with Crippen molar-refractivity contribution >= 4 is 5.97 Å². The van der Waals surface area contributed by atoms with E-state index in [2.05, 4.69) is 37.9 Å². The van der Waals surface area contributed by atoms with Crippen LogP contribution in [0.15, 0.2) is 0 Å². The van der Waals surface area contributed by atoms with Crippen molar-refractivity contribution in [2.24, 2.45) is 11.8 Å². The Morgan fingerprint density at radius 1 is 1.22 bits per heavy atom. The second-order valence-electron chi connectivity index (χ2n) is 5.40. The maximum atomic E-state index is 11.3. The third-order valence-corrected chi connectivity index (χ3v) is 3.36. The molecule has 0 aromatic heterocycles. The van der Waals surface area contributed by atoms with E-state index in [1.807, 2.05) is 6.92 Å². The Labute approximate surface area is 112 Å². The number of aliphatic carboxylic acids is 1. The predicted octanol–water partition coefficient (Wildman–Crippen LogP) is 2.05. The van der Waals surface area contributed by atoms with Gasteiger partial charge in [-0.15, -0.1) is 0 Å². The Bertz CT molecular complexity index is 228. The van der Waals surface area contributed by atoms with Crippen LogP contribution in [0, 0.1) is 11.8 Å². The minimum Gasteiger partial charge on any atom is -0.480 e. The highest BCUT2D eigenvalue weighted by Crippen LogP contribution is 2.15. The van der Waals surface area contributed by atoms with E-state index < -0.39 is 12.0 Å². The van der Waals surface area contributed by atoms with Crippen molar-refractivity contribution in [3.8, 4) is 0 Å². The largest absolute Gasteiger partial charge is 0.480 e. The molecule has 0 aliphatic heterocycles. The number of rotatable bonds is 10. The SMILES string of the molecule is CCN(CC)CCNC(C(=O)O)C(C)CC(C)C. The summed E-state index contributed by atoms with van der Waals surface area (Å²) >= 11 is 0. The van der Waals surface area contributed by atoms with Crippen molar-refractivity contribution in [1.29, 1.82) is 0 Å². The van der Waals surface area contributed by atoms with E-state index in [0.29, 0.717) is 5.92 Å². The van der Waals surface area contributed by atoms with Gasteiger partial charge in [0.1, 0.15) is 6.04 Å². The van der Waals surface area contributed by atoms with Gasteiger partial charge in [-0.3, -0.25) is 4.79 Å². The molecule has 0 fully saturated rings. The number of carbonyl (C=O) groups is 1. The Hall–Kier alpha value is -0.610. The molecule has 0 radical (unpaired) electrons. The number of carboxylic acids is 1. The van der Waals surface area contributed by atoms with E-state index in [9.17, 15) is 9.90 Å². The minimum atomic E-state index is -0.734. The first-order valence-corrected chi connectivity index (χ1v) is 7.10. The Balaban J connectivity index is 4.16. The molecule has 108 valence electrons. The first-order valence-electron chi connectivity index (χ1n) is 7.10. The fourth-order valence-corrected chi connectivity index (χ4v) is 2.33. The molecule has 2 atom stereocenters. The van der Waals surface area contributed by atoms with Crippen LogP contribution in [0.5, 0.6) is 0 Å². The maximum absolute atomic E-state index is 11.3. The zero-order chi connectivity index (χ0) is 14.1. The van der Waals surface area contributed by atoms with Crippen molar-refractivity contribution < 1.29 is 9.90 Å². The topological polar surface area (TPSA) is 52.6 Å². The van der Waals surface area contributed by atoms with E-state index >= 15 is 0 Å². The highest BCUT2D eigenvalue weighted by molar-refractivity contribution is 5.73. The molecule has 0 saturated heterocycles. The number of hydrogen-bond acceptors (Lipinski definition) is 3. The van der Waals surface area contributed by atoms with Gasteiger partial charge in [-0.1, -0.05) is 34.6 Å². The summed E-state index contributed by atoms with van der Waals surface area (Å²) in [6.07, 6.45) is 0.940. The molecule has 0 rings (SSSR count). The standard InChI is InChI=1S/C14H30N2O2/c1-6-16(7-2)9-8-15-13(14(17)18)12(5)10-11(3)4/h11-13,15H,6-10H2,1-5H3,(H,17,18). The van der Waals surface area contributed by atoms with Crippen LogP contribution in [0.25, 0.3) is 0 Å². The molecular formula is C14H30N2O2. The van der Waals surface area contributed by atoms with Crippen LogP contribution in [-0.4, -0.2) is 48.2 Å². The van der Waals surface area contributed by atoms with Gasteiger partial charge < -0.3 is 15.3 Å². The van der Waals surface area contributed by atoms with Crippen molar-refractivity contribution in [2.45, 2.75) is 47.1 Å². The summed E-state index contributed by atoms with van der Waals surface area (Å²) in [6, 6.07) is -0.428. The summed E-state index contributed by atoms with van der Waals surface area (Å²) < 4.78 is 0. The smallest absolute Gasteiger partial charge is 0.320 e. The van der Waals surface area contributed by atoms with Gasteiger partial charge in [-0.25, -0.2) is 0 Å². The maximum Gasteiger partial charge on any atom is 0.320 e. The number of nitrogens with one attached hydrogen (secondary N) is 1. The van der Waals surface area contributed by atoms with E-state index in [-0.39, 0.29) is 5.92 Å². The molecule has 0 aromatic rings. The fourth-order valence-electron chi connectivity index (χ4n) is 2.33. The van der Waals surface area contributed by atoms with Gasteiger partial charge in [0.25, 0.3) is 0 Å². The number of nitrogens with zero attached hydrogens (tertiary/aromatic N) is 1. The monoisotopic (exact) mass is 258 g/mol. The van der Waals surface area contributed by atoms with Crippen molar-refractivity contribution in [2.75, 3.05) is 26.2 Å². The lowest BCUT2D eigenvalue weighted by Gasteiger charge is -2.25. The van der Waals surface area contributed by atoms with Crippen LogP contribution < -0.4 is 5.32 Å². The van der Waals surface area contributed by atoms with Gasteiger partial charge in [-0.05, 0) is 31.3 Å². The van der Waals surface area contributed by atoms with Crippen LogP contribution >= 0.6 is 0 Å². The average molecular weight is 258 g/mol. The summed E-state index contributed by atoms with van der Waals surface area (Å²) in [5.41, 5.74) is 0. The highest BCUT2D eigenvalue weighted by Gasteiger charge is 2.24. The van der Waals surface area contributed by atoms with Crippen LogP contribution in [-0.2, 0) is 4.79 Å². The Kier molecular flexibility index (Phi) is 9.02. The molecule has 2 unspecified atom stereocenters. The van der Waals surface area contributed by atoms with E-state index in [1.54, 1.807) is 0 Å². The van der Waals surface area contributed by atoms with Crippen molar-refractivity contribution in [1.82, 2.24) is 10.2 Å². The van der Waals surface area contributed by atoms with Gasteiger partial charge in [-0.2, -0.15) is 0 Å². The van der Waals surface area contributed by atoms with Gasteiger partial charge in [0.05, 0.1) is 0 Å². The molecule has 0 aliphatic rings. The summed E-state index contributed by atoms with van der Waals surface area (Å²) in [5, 5.41) is 12.4. The number of carboxylic acid groups (broad SMARTS) is 1. The van der Waals surface area contributed by atoms with Crippen molar-refractivity contribution in [3.05, 3.63) is 0 Å². The molecule has 4 nitrogen and oxygen atoms in total. The quantitative estimate of drug-likeness (QED) is 0.630.